The van der Waals surface area contributed by atoms with Crippen molar-refractivity contribution in [3.8, 4) is 0 Å². The summed E-state index contributed by atoms with van der Waals surface area (Å²) in [5.74, 6) is 3.11. The molecule has 4 heterocycles. The largest absolute Gasteiger partial charge is 0.315 e. The Labute approximate surface area is 163 Å². The van der Waals surface area contributed by atoms with E-state index in [4.69, 9.17) is 0 Å². The summed E-state index contributed by atoms with van der Waals surface area (Å²) in [6.45, 7) is 7.74. The van der Waals surface area contributed by atoms with Crippen molar-refractivity contribution in [3.63, 3.8) is 0 Å². The topological polar surface area (TPSA) is 71.3 Å². The summed E-state index contributed by atoms with van der Waals surface area (Å²) < 4.78 is 32.3. The first-order valence-corrected chi connectivity index (χ1v) is 12.0. The quantitative estimate of drug-likeness (QED) is 0.788. The maximum Gasteiger partial charge on any atom is 0.282 e. The van der Waals surface area contributed by atoms with Gasteiger partial charge in [0, 0.05) is 45.1 Å². The minimum atomic E-state index is -3.39. The minimum absolute atomic E-state index is 0.160. The Bertz CT molecular complexity index is 752. The van der Waals surface area contributed by atoms with Crippen LogP contribution in [-0.4, -0.2) is 58.0 Å². The highest BCUT2D eigenvalue weighted by Crippen LogP contribution is 2.31. The van der Waals surface area contributed by atoms with Gasteiger partial charge in [-0.25, -0.2) is 0 Å². The zero-order chi connectivity index (χ0) is 19.0. The molecule has 4 rings (SSSR count). The Hall–Kier alpha value is -0.990. The first-order valence-electron chi connectivity index (χ1n) is 10.6. The van der Waals surface area contributed by atoms with E-state index < -0.39 is 10.2 Å². The van der Waals surface area contributed by atoms with Crippen LogP contribution in [0.4, 0.5) is 0 Å². The lowest BCUT2D eigenvalue weighted by Crippen LogP contribution is -2.51. The van der Waals surface area contributed by atoms with Crippen LogP contribution >= 0.6 is 0 Å². The molecule has 0 aliphatic carbocycles. The number of aromatic nitrogens is 3. The summed E-state index contributed by atoms with van der Waals surface area (Å²) in [5.41, 5.74) is 0. The van der Waals surface area contributed by atoms with Gasteiger partial charge in [0.2, 0.25) is 0 Å². The second kappa shape index (κ2) is 7.79. The average Bonchev–Trinajstić information content (AvgIpc) is 2.89. The van der Waals surface area contributed by atoms with E-state index in [1.807, 2.05) is 0 Å². The van der Waals surface area contributed by atoms with Crippen LogP contribution in [0.1, 0.15) is 69.9 Å². The Morgan fingerprint density at radius 1 is 0.889 bits per heavy atom. The van der Waals surface area contributed by atoms with E-state index in [2.05, 4.69) is 28.6 Å². The number of aryl methyl sites for hydroxylation is 1. The monoisotopic (exact) mass is 395 g/mol. The highest BCUT2D eigenvalue weighted by Gasteiger charge is 2.38. The van der Waals surface area contributed by atoms with Gasteiger partial charge in [0.05, 0.1) is 0 Å². The van der Waals surface area contributed by atoms with Gasteiger partial charge >= 0.3 is 0 Å². The number of fused-ring (bicyclic) bond motifs is 1. The number of rotatable bonds is 3. The van der Waals surface area contributed by atoms with Crippen molar-refractivity contribution in [2.75, 3.05) is 26.2 Å². The van der Waals surface area contributed by atoms with E-state index in [9.17, 15) is 8.42 Å². The fourth-order valence-corrected chi connectivity index (χ4v) is 7.07. The molecular formula is C19H33N5O2S. The van der Waals surface area contributed by atoms with Crippen LogP contribution in [-0.2, 0) is 23.2 Å². The first kappa shape index (κ1) is 19.3. The maximum atomic E-state index is 13.3. The van der Waals surface area contributed by atoms with Gasteiger partial charge < -0.3 is 4.57 Å². The van der Waals surface area contributed by atoms with E-state index in [1.54, 1.807) is 8.61 Å². The highest BCUT2D eigenvalue weighted by molar-refractivity contribution is 7.86. The predicted octanol–water partition coefficient (Wildman–Crippen LogP) is 2.41. The molecule has 152 valence electrons. The summed E-state index contributed by atoms with van der Waals surface area (Å²) in [5, 5.41) is 8.92. The van der Waals surface area contributed by atoms with Gasteiger partial charge in [-0.2, -0.15) is 17.0 Å². The third kappa shape index (κ3) is 3.93. The van der Waals surface area contributed by atoms with Crippen molar-refractivity contribution in [3.05, 3.63) is 11.6 Å². The molecule has 1 aromatic heterocycles. The molecule has 7 nitrogen and oxygen atoms in total. The van der Waals surface area contributed by atoms with E-state index in [-0.39, 0.29) is 5.92 Å². The molecule has 0 bridgehead atoms. The summed E-state index contributed by atoms with van der Waals surface area (Å²) >= 11 is 0. The van der Waals surface area contributed by atoms with Crippen LogP contribution < -0.4 is 0 Å². The molecule has 3 aliphatic heterocycles. The summed E-state index contributed by atoms with van der Waals surface area (Å²) in [4.78, 5) is 0. The van der Waals surface area contributed by atoms with Crippen molar-refractivity contribution in [2.24, 2.45) is 11.8 Å². The fraction of sp³-hybridized carbons (Fsp3) is 0.895. The maximum absolute atomic E-state index is 13.3. The molecule has 3 atom stereocenters. The summed E-state index contributed by atoms with van der Waals surface area (Å²) in [7, 11) is -3.39. The third-order valence-electron chi connectivity index (χ3n) is 6.38. The van der Waals surface area contributed by atoms with E-state index in [1.165, 1.54) is 12.8 Å². The average molecular weight is 396 g/mol. The molecule has 27 heavy (non-hydrogen) atoms. The minimum Gasteiger partial charge on any atom is -0.315 e. The highest BCUT2D eigenvalue weighted by atomic mass is 32.2. The van der Waals surface area contributed by atoms with Crippen molar-refractivity contribution in [1.82, 2.24) is 23.4 Å². The number of hydrogen-bond acceptors (Lipinski definition) is 4. The molecule has 8 heteroatoms. The zero-order valence-corrected chi connectivity index (χ0v) is 17.5. The molecule has 0 spiro atoms. The summed E-state index contributed by atoms with van der Waals surface area (Å²) in [6.07, 6.45) is 7.57. The Kier molecular flexibility index (Phi) is 5.58. The zero-order valence-electron chi connectivity index (χ0n) is 16.7. The molecule has 2 fully saturated rings. The molecule has 0 amide bonds. The Morgan fingerprint density at radius 3 is 2.44 bits per heavy atom. The van der Waals surface area contributed by atoms with Gasteiger partial charge in [-0.3, -0.25) is 0 Å². The van der Waals surface area contributed by atoms with Gasteiger partial charge in [0.1, 0.15) is 11.6 Å². The lowest BCUT2D eigenvalue weighted by molar-refractivity contribution is 0.200. The van der Waals surface area contributed by atoms with Gasteiger partial charge in [0.15, 0.2) is 0 Å². The van der Waals surface area contributed by atoms with Gasteiger partial charge in [0.25, 0.3) is 10.2 Å². The van der Waals surface area contributed by atoms with E-state index in [0.717, 1.165) is 50.3 Å². The molecule has 3 aliphatic rings. The van der Waals surface area contributed by atoms with Crippen LogP contribution in [0.5, 0.6) is 0 Å². The van der Waals surface area contributed by atoms with Crippen LogP contribution in [0.2, 0.25) is 0 Å². The van der Waals surface area contributed by atoms with Crippen LogP contribution in [0.15, 0.2) is 0 Å². The molecule has 0 N–H and O–H groups in total. The van der Waals surface area contributed by atoms with Crippen molar-refractivity contribution >= 4 is 10.2 Å². The normalized spacial score (nSPS) is 31.4. The molecule has 0 aromatic carbocycles. The Morgan fingerprint density at radius 2 is 1.67 bits per heavy atom. The molecule has 0 unspecified atom stereocenters. The van der Waals surface area contributed by atoms with Crippen molar-refractivity contribution in [2.45, 2.75) is 71.3 Å². The smallest absolute Gasteiger partial charge is 0.282 e. The number of hydrogen-bond donors (Lipinski definition) is 0. The Balaban J connectivity index is 1.52. The lowest BCUT2D eigenvalue weighted by Gasteiger charge is -2.39. The molecular weight excluding hydrogens is 362 g/mol. The van der Waals surface area contributed by atoms with Gasteiger partial charge in [-0.15, -0.1) is 10.2 Å². The number of nitrogens with zero attached hydrogens (tertiary/aromatic N) is 5. The van der Waals surface area contributed by atoms with Gasteiger partial charge in [-0.05, 0) is 43.9 Å². The van der Waals surface area contributed by atoms with Crippen LogP contribution in [0.3, 0.4) is 0 Å². The predicted molar refractivity (Wildman–Crippen MR) is 105 cm³/mol. The van der Waals surface area contributed by atoms with Crippen molar-refractivity contribution < 1.29 is 8.42 Å². The standard InChI is InChI=1S/C19H33N5O2S/c1-15-11-16(2)13-23(12-15)27(25,26)22-9-6-7-17(14-22)19-21-20-18-8-4-3-5-10-24(18)19/h15-17H,3-14H2,1-2H3/t15-,16+,17-/m1/s1. The SMILES string of the molecule is C[C@@H]1C[C@H](C)CN(S(=O)(=O)N2CCC[C@@H](c3nnc4n3CCCCC4)C2)C1. The van der Waals surface area contributed by atoms with Crippen molar-refractivity contribution in [1.29, 1.82) is 0 Å². The van der Waals surface area contributed by atoms with Crippen LogP contribution in [0, 0.1) is 11.8 Å². The lowest BCUT2D eigenvalue weighted by atomic mass is 9.94. The molecule has 1 aromatic rings. The third-order valence-corrected chi connectivity index (χ3v) is 8.31. The second-order valence-electron chi connectivity index (χ2n) is 8.90. The number of piperidine rings is 2. The second-order valence-corrected chi connectivity index (χ2v) is 10.8. The summed E-state index contributed by atoms with van der Waals surface area (Å²) in [6, 6.07) is 0. The molecule has 0 saturated carbocycles. The van der Waals surface area contributed by atoms with Crippen LogP contribution in [0.25, 0.3) is 0 Å². The van der Waals surface area contributed by atoms with E-state index in [0.29, 0.717) is 38.0 Å². The van der Waals surface area contributed by atoms with E-state index >= 15 is 0 Å². The first-order chi connectivity index (χ1) is 12.9. The van der Waals surface area contributed by atoms with Gasteiger partial charge in [-0.1, -0.05) is 20.3 Å². The fourth-order valence-electron chi connectivity index (χ4n) is 5.13. The molecule has 2 saturated heterocycles. The molecule has 0 radical (unpaired) electrons.